The van der Waals surface area contributed by atoms with Crippen molar-refractivity contribution in [2.75, 3.05) is 39.6 Å². The van der Waals surface area contributed by atoms with Crippen molar-refractivity contribution in [3.05, 3.63) is 0 Å². The van der Waals surface area contributed by atoms with E-state index in [4.69, 9.17) is 47.4 Å². The minimum Gasteiger partial charge on any atom is -0.477 e. The zero-order chi connectivity index (χ0) is 66.2. The highest BCUT2D eigenvalue weighted by Gasteiger charge is 2.64. The van der Waals surface area contributed by atoms with Crippen molar-refractivity contribution in [3.8, 4) is 0 Å². The minimum atomic E-state index is -3.49. The smallest absolute Gasteiger partial charge is 0.364 e. The predicted molar refractivity (Wildman–Crippen MR) is 270 cm³/mol. The number of aliphatic hydroxyl groups is 19. The van der Waals surface area contributed by atoms with Crippen molar-refractivity contribution >= 4 is 35.9 Å². The lowest BCUT2D eigenvalue weighted by Crippen LogP contribution is -2.72. The molecule has 508 valence electrons. The molecule has 0 aromatic rings. The Bertz CT molecular complexity index is 2300. The third-order valence-corrected chi connectivity index (χ3v) is 15.1. The summed E-state index contributed by atoms with van der Waals surface area (Å²) in [6, 6.07) is -5.72. The average molecular weight is 1290 g/mol. The Hall–Kier alpha value is -4.14. The SMILES string of the molecule is CC(=O)N[C@H]1[C@H](O[C@@H]2[C@H](O[C@]3(C(=O)O)C[C@H](O)[C@@H](NC(C)=O)[C@H]([C@H](O)[C@H](O)CO)O3)[C@@H](O)[C@H](O[C@@H]([C@H](O)[C@@H](O)C=O)[C@H](O)CO)O[C@@H]2CO)O[C@H](CO)[C@H](O)[C@@H]1O[C@@H]1O[C@H](CO)[C@H](O)[C@H](O[C@]2(C(=O)O)C[C@H](O)[C@@H](NC(C)=O)[C@H]([C@H](O)[C@H](O)CO)O2)[C@H]1O. The van der Waals surface area contributed by atoms with Crippen LogP contribution in [0.15, 0.2) is 0 Å². The van der Waals surface area contributed by atoms with Crippen molar-refractivity contribution in [1.82, 2.24) is 16.0 Å². The van der Waals surface area contributed by atoms with Crippen LogP contribution < -0.4 is 16.0 Å². The number of aliphatic carboxylic acids is 2. The van der Waals surface area contributed by atoms with Crippen LogP contribution in [0.2, 0.25) is 0 Å². The van der Waals surface area contributed by atoms with Gasteiger partial charge in [-0.3, -0.25) is 14.4 Å². The molecule has 40 heteroatoms. The summed E-state index contributed by atoms with van der Waals surface area (Å²) < 4.78 is 58.1. The molecule has 5 aliphatic heterocycles. The summed E-state index contributed by atoms with van der Waals surface area (Å²) in [6.07, 6.45) is -63.4. The number of amides is 3. The molecule has 5 rings (SSSR count). The van der Waals surface area contributed by atoms with Crippen LogP contribution in [0, 0.1) is 0 Å². The van der Waals surface area contributed by atoms with Gasteiger partial charge in [-0.1, -0.05) is 0 Å². The number of aliphatic hydroxyl groups excluding tert-OH is 19. The number of carboxylic acids is 2. The van der Waals surface area contributed by atoms with Crippen molar-refractivity contribution in [2.24, 2.45) is 0 Å². The number of rotatable bonds is 29. The summed E-state index contributed by atoms with van der Waals surface area (Å²) >= 11 is 0. The second kappa shape index (κ2) is 31.9. The third-order valence-electron chi connectivity index (χ3n) is 15.1. The fraction of sp³-hybridized carbons (Fsp3) is 0.875. The van der Waals surface area contributed by atoms with Gasteiger partial charge in [-0.25, -0.2) is 9.59 Å². The first-order valence-corrected chi connectivity index (χ1v) is 27.1. The van der Waals surface area contributed by atoms with E-state index in [1.54, 1.807) is 0 Å². The van der Waals surface area contributed by atoms with E-state index >= 15 is 0 Å². The van der Waals surface area contributed by atoms with Gasteiger partial charge in [0.1, 0.15) is 134 Å². The molecule has 0 aromatic heterocycles. The molecule has 5 saturated heterocycles. The molecule has 0 aliphatic carbocycles. The second-order valence-corrected chi connectivity index (χ2v) is 21.5. The highest BCUT2D eigenvalue weighted by atomic mass is 16.8. The van der Waals surface area contributed by atoms with Gasteiger partial charge in [-0.05, 0) is 0 Å². The molecule has 0 unspecified atom stereocenters. The molecule has 0 bridgehead atoms. The maximum Gasteiger partial charge on any atom is 0.364 e. The van der Waals surface area contributed by atoms with Crippen molar-refractivity contribution in [3.63, 3.8) is 0 Å². The van der Waals surface area contributed by atoms with Gasteiger partial charge in [0.15, 0.2) is 25.2 Å². The zero-order valence-corrected chi connectivity index (χ0v) is 46.9. The minimum absolute atomic E-state index is 0.245. The Balaban J connectivity index is 1.63. The van der Waals surface area contributed by atoms with Crippen LogP contribution in [-0.2, 0) is 76.1 Å². The van der Waals surface area contributed by atoms with Crippen molar-refractivity contribution < 1.29 is 183 Å². The van der Waals surface area contributed by atoms with Crippen LogP contribution in [0.25, 0.3) is 0 Å². The van der Waals surface area contributed by atoms with Gasteiger partial charge in [0.05, 0.1) is 63.9 Å². The van der Waals surface area contributed by atoms with Gasteiger partial charge in [0.2, 0.25) is 17.7 Å². The van der Waals surface area contributed by atoms with E-state index in [0.29, 0.717) is 0 Å². The van der Waals surface area contributed by atoms with Crippen LogP contribution in [0.3, 0.4) is 0 Å². The van der Waals surface area contributed by atoms with Crippen molar-refractivity contribution in [2.45, 2.75) is 223 Å². The Kier molecular flexibility index (Phi) is 27.1. The highest BCUT2D eigenvalue weighted by Crippen LogP contribution is 2.42. The summed E-state index contributed by atoms with van der Waals surface area (Å²) in [7, 11) is 0. The Morgan fingerprint density at radius 3 is 1.31 bits per heavy atom. The van der Waals surface area contributed by atoms with Crippen LogP contribution in [-0.4, -0.2) is 372 Å². The molecule has 0 aromatic carbocycles. The molecule has 5 heterocycles. The summed E-state index contributed by atoms with van der Waals surface area (Å²) in [5.74, 6) is -14.1. The maximum atomic E-state index is 13.6. The first-order valence-electron chi connectivity index (χ1n) is 27.1. The first kappa shape index (κ1) is 74.6. The summed E-state index contributed by atoms with van der Waals surface area (Å²) in [6.45, 7) is -4.95. The molecule has 3 amide bonds. The van der Waals surface area contributed by atoms with Gasteiger partial charge in [-0.15, -0.1) is 0 Å². The Labute approximate surface area is 496 Å². The second-order valence-electron chi connectivity index (χ2n) is 21.5. The van der Waals surface area contributed by atoms with E-state index in [2.05, 4.69) is 16.0 Å². The lowest BCUT2D eigenvalue weighted by Gasteiger charge is -2.52. The molecule has 88 heavy (non-hydrogen) atoms. The van der Waals surface area contributed by atoms with Gasteiger partial charge < -0.3 is 175 Å². The maximum absolute atomic E-state index is 13.6. The number of nitrogens with one attached hydrogen (secondary N) is 3. The lowest BCUT2D eigenvalue weighted by atomic mass is 9.88. The third kappa shape index (κ3) is 16.5. The summed E-state index contributed by atoms with van der Waals surface area (Å²) in [5, 5.41) is 234. The van der Waals surface area contributed by atoms with Crippen LogP contribution in [0.1, 0.15) is 33.6 Å². The monoisotopic (exact) mass is 1290 g/mol. The molecule has 5 aliphatic rings. The number of carbonyl (C=O) groups excluding carboxylic acids is 4. The molecule has 0 radical (unpaired) electrons. The van der Waals surface area contributed by atoms with E-state index < -0.39 is 271 Å². The fourth-order valence-corrected chi connectivity index (χ4v) is 10.7. The molecule has 0 saturated carbocycles. The number of carbonyl (C=O) groups is 6. The van der Waals surface area contributed by atoms with E-state index in [1.165, 1.54) is 0 Å². The molecule has 0 spiro atoms. The zero-order valence-electron chi connectivity index (χ0n) is 46.9. The van der Waals surface area contributed by atoms with E-state index in [9.17, 15) is 136 Å². The number of aldehydes is 1. The van der Waals surface area contributed by atoms with Gasteiger partial charge in [0, 0.05) is 33.6 Å². The summed E-state index contributed by atoms with van der Waals surface area (Å²) in [5.41, 5.74) is 0. The fourth-order valence-electron chi connectivity index (χ4n) is 10.7. The normalized spacial score (nSPS) is 40.8. The van der Waals surface area contributed by atoms with Gasteiger partial charge in [0.25, 0.3) is 11.6 Å². The standard InChI is InChI=1S/C48H79N3O37/c1-13(59)49-25-16(62)4-47(45(75)76,85-38(25)29(69)19(65)7-53)87-40-32(72)23(11-57)80-43(33(40)73)84-37-27(51-15(3)61)42(79-22(10-56)31(37)71)83-36-24(12-58)81-44(82-35(21(67)9-55)28(68)18(64)6-52)34(74)41(36)88-48(46(77)78)5-17(63)26(50-14(2)60)39(86-48)30(70)20(66)8-54/h6,16-44,53-58,62-74H,4-5,7-12H2,1-3H3,(H,49,59)(H,50,60)(H,51,61)(H,75,76)(H,77,78)/t16-,17-,18-,19+,20+,21+,22+,23+,24+,25+,26+,27+,28+,29+,30+,31-,32-,33+,34+,35+,36-,37+,38+,39+,40-,41+,42-,43-,44-,47-,48-/m0/s1. The number of ether oxygens (including phenoxy) is 10. The topological polar surface area (TPSA) is 656 Å². The van der Waals surface area contributed by atoms with E-state index in [0.717, 1.165) is 20.8 Å². The molecular formula is C48H79N3O37. The van der Waals surface area contributed by atoms with Crippen LogP contribution in [0.4, 0.5) is 0 Å². The number of carboxylic acid groups (broad SMARTS) is 2. The first-order chi connectivity index (χ1) is 41.2. The van der Waals surface area contributed by atoms with Gasteiger partial charge >= 0.3 is 11.9 Å². The largest absolute Gasteiger partial charge is 0.477 e. The van der Waals surface area contributed by atoms with Crippen LogP contribution >= 0.6 is 0 Å². The molecular weight excluding hydrogens is 1210 g/mol. The van der Waals surface area contributed by atoms with E-state index in [-0.39, 0.29) is 6.29 Å². The highest BCUT2D eigenvalue weighted by molar-refractivity contribution is 5.77. The predicted octanol–water partition coefficient (Wildman–Crippen LogP) is -15.4. The van der Waals surface area contributed by atoms with Crippen LogP contribution in [0.5, 0.6) is 0 Å². The molecule has 31 atom stereocenters. The molecule has 40 nitrogen and oxygen atoms in total. The number of hydrogen-bond donors (Lipinski definition) is 24. The quantitative estimate of drug-likeness (QED) is 0.0309. The molecule has 5 fully saturated rings. The molecule has 24 N–H and O–H groups in total. The average Bonchev–Trinajstić information content (AvgIpc) is 1.80. The van der Waals surface area contributed by atoms with Crippen molar-refractivity contribution in [1.29, 1.82) is 0 Å². The summed E-state index contributed by atoms with van der Waals surface area (Å²) in [4.78, 5) is 75.9. The lowest BCUT2D eigenvalue weighted by molar-refractivity contribution is -0.400. The van der Waals surface area contributed by atoms with E-state index in [1.807, 2.05) is 0 Å². The number of hydrogen-bond acceptors (Lipinski definition) is 35. The Morgan fingerprint density at radius 1 is 0.511 bits per heavy atom. The Morgan fingerprint density at radius 2 is 0.898 bits per heavy atom. The van der Waals surface area contributed by atoms with Gasteiger partial charge in [-0.2, -0.15) is 0 Å².